The fraction of sp³-hybridized carbons (Fsp3) is 0.143. The highest BCUT2D eigenvalue weighted by Crippen LogP contribution is 2.29. The zero-order valence-electron chi connectivity index (χ0n) is 19.2. The predicted octanol–water partition coefficient (Wildman–Crippen LogP) is 6.61. The molecule has 0 aliphatic rings. The summed E-state index contributed by atoms with van der Waals surface area (Å²) in [4.78, 5) is 16.9. The highest BCUT2D eigenvalue weighted by Gasteiger charge is 2.08. The van der Waals surface area contributed by atoms with Gasteiger partial charge < -0.3 is 9.47 Å². The Kier molecular flexibility index (Phi) is 7.73. The number of hydrogen-bond donors (Lipinski definition) is 1. The molecule has 4 rings (SSSR count). The van der Waals surface area contributed by atoms with E-state index in [1.165, 1.54) is 23.0 Å². The monoisotopic (exact) mass is 470 g/mol. The van der Waals surface area contributed by atoms with E-state index in [0.717, 1.165) is 28.8 Å². The summed E-state index contributed by atoms with van der Waals surface area (Å²) in [5.74, 6) is 1.01. The van der Waals surface area contributed by atoms with Gasteiger partial charge in [-0.15, -0.1) is 11.3 Å². The van der Waals surface area contributed by atoms with Gasteiger partial charge in [0.25, 0.3) is 0 Å². The quantitative estimate of drug-likeness (QED) is 0.280. The van der Waals surface area contributed by atoms with E-state index in [-0.39, 0.29) is 5.91 Å². The number of rotatable bonds is 9. The lowest BCUT2D eigenvalue weighted by Crippen LogP contribution is -2.07. The van der Waals surface area contributed by atoms with Crippen LogP contribution in [0, 0.1) is 0 Å². The van der Waals surface area contributed by atoms with Gasteiger partial charge in [0, 0.05) is 17.0 Å². The fourth-order valence-electron chi connectivity index (χ4n) is 3.34. The lowest BCUT2D eigenvalue weighted by molar-refractivity contribution is -0.111. The van der Waals surface area contributed by atoms with E-state index in [4.69, 9.17) is 9.47 Å². The largest absolute Gasteiger partial charge is 0.493 e. The third-order valence-corrected chi connectivity index (χ3v) is 6.00. The number of aromatic nitrogens is 1. The summed E-state index contributed by atoms with van der Waals surface area (Å²) in [5.41, 5.74) is 5.07. The lowest BCUT2D eigenvalue weighted by atomic mass is 10.1. The molecule has 0 atom stereocenters. The van der Waals surface area contributed by atoms with Crippen LogP contribution < -0.4 is 14.8 Å². The van der Waals surface area contributed by atoms with E-state index in [1.54, 1.807) is 13.2 Å². The molecule has 34 heavy (non-hydrogen) atoms. The first kappa shape index (κ1) is 23.3. The minimum absolute atomic E-state index is 0.245. The van der Waals surface area contributed by atoms with Crippen molar-refractivity contribution in [2.45, 2.75) is 20.0 Å². The number of nitrogens with zero attached hydrogens (tertiary/aromatic N) is 1. The maximum Gasteiger partial charge on any atom is 0.250 e. The molecule has 0 aliphatic heterocycles. The van der Waals surface area contributed by atoms with Crippen LogP contribution in [-0.2, 0) is 17.8 Å². The topological polar surface area (TPSA) is 60.5 Å². The summed E-state index contributed by atoms with van der Waals surface area (Å²) in [5, 5.41) is 5.33. The number of ether oxygens (including phenoxy) is 2. The van der Waals surface area contributed by atoms with E-state index < -0.39 is 0 Å². The van der Waals surface area contributed by atoms with Crippen LogP contribution in [0.1, 0.15) is 23.6 Å². The number of thiazole rings is 1. The van der Waals surface area contributed by atoms with Crippen molar-refractivity contribution in [1.29, 1.82) is 0 Å². The molecular formula is C28H26N2O3S. The Morgan fingerprint density at radius 1 is 1.00 bits per heavy atom. The molecule has 0 unspecified atom stereocenters. The molecule has 4 aromatic rings. The van der Waals surface area contributed by atoms with Crippen LogP contribution in [0.5, 0.6) is 11.5 Å². The molecule has 172 valence electrons. The molecule has 1 amide bonds. The van der Waals surface area contributed by atoms with Gasteiger partial charge in [-0.05, 0) is 41.3 Å². The molecule has 0 spiro atoms. The van der Waals surface area contributed by atoms with Gasteiger partial charge in [0.15, 0.2) is 16.6 Å². The van der Waals surface area contributed by atoms with E-state index in [1.807, 2.05) is 53.9 Å². The van der Waals surface area contributed by atoms with Crippen LogP contribution in [0.2, 0.25) is 0 Å². The van der Waals surface area contributed by atoms with Crippen molar-refractivity contribution in [3.8, 4) is 22.8 Å². The summed E-state index contributed by atoms with van der Waals surface area (Å²) < 4.78 is 11.4. The summed E-state index contributed by atoms with van der Waals surface area (Å²) >= 11 is 1.40. The van der Waals surface area contributed by atoms with Crippen molar-refractivity contribution in [2.24, 2.45) is 0 Å². The van der Waals surface area contributed by atoms with Crippen LogP contribution in [0.15, 0.2) is 84.3 Å². The van der Waals surface area contributed by atoms with Gasteiger partial charge in [0.2, 0.25) is 5.91 Å². The van der Waals surface area contributed by atoms with Crippen molar-refractivity contribution < 1.29 is 14.3 Å². The van der Waals surface area contributed by atoms with Crippen molar-refractivity contribution >= 4 is 28.5 Å². The smallest absolute Gasteiger partial charge is 0.250 e. The number of aryl methyl sites for hydroxylation is 1. The molecule has 0 aliphatic carbocycles. The highest BCUT2D eigenvalue weighted by atomic mass is 32.1. The van der Waals surface area contributed by atoms with E-state index in [0.29, 0.717) is 23.2 Å². The van der Waals surface area contributed by atoms with Crippen molar-refractivity contribution in [1.82, 2.24) is 4.98 Å². The van der Waals surface area contributed by atoms with Crippen LogP contribution in [-0.4, -0.2) is 18.0 Å². The molecule has 5 nitrogen and oxygen atoms in total. The van der Waals surface area contributed by atoms with Crippen LogP contribution in [0.25, 0.3) is 17.3 Å². The van der Waals surface area contributed by atoms with Gasteiger partial charge in [0.1, 0.15) is 6.61 Å². The Morgan fingerprint density at radius 2 is 1.79 bits per heavy atom. The molecule has 1 heterocycles. The van der Waals surface area contributed by atoms with Crippen molar-refractivity contribution in [2.75, 3.05) is 12.4 Å². The predicted molar refractivity (Wildman–Crippen MR) is 138 cm³/mol. The summed E-state index contributed by atoms with van der Waals surface area (Å²) in [6, 6.07) is 23.8. The first-order chi connectivity index (χ1) is 16.6. The molecular weight excluding hydrogens is 444 g/mol. The summed E-state index contributed by atoms with van der Waals surface area (Å²) in [6.45, 7) is 2.58. The molecule has 0 saturated heterocycles. The SMILES string of the molecule is CCc1ccc(-c2csc(NC(=O)C=Cc3ccc(OCc4ccccc4)c(OC)c3)n2)cc1. The second-order valence-corrected chi connectivity index (χ2v) is 8.45. The normalized spacial score (nSPS) is 10.9. The average molecular weight is 471 g/mol. The average Bonchev–Trinajstić information content (AvgIpc) is 3.35. The summed E-state index contributed by atoms with van der Waals surface area (Å²) in [7, 11) is 1.60. The standard InChI is InChI=1S/C28H26N2O3S/c1-3-20-9-13-23(14-10-20)24-19-34-28(29-24)30-27(31)16-12-21-11-15-25(26(17-21)32-2)33-18-22-7-5-4-6-8-22/h4-17,19H,3,18H2,1-2H3,(H,29,30,31). The molecule has 1 aromatic heterocycles. The highest BCUT2D eigenvalue weighted by molar-refractivity contribution is 7.14. The molecule has 6 heteroatoms. The van der Waals surface area contributed by atoms with Gasteiger partial charge in [-0.2, -0.15) is 0 Å². The number of anilines is 1. The molecule has 0 bridgehead atoms. The lowest BCUT2D eigenvalue weighted by Gasteiger charge is -2.11. The second kappa shape index (κ2) is 11.3. The second-order valence-electron chi connectivity index (χ2n) is 7.60. The third kappa shape index (κ3) is 6.11. The van der Waals surface area contributed by atoms with Gasteiger partial charge in [-0.1, -0.05) is 67.6 Å². The Hall–Kier alpha value is -3.90. The first-order valence-electron chi connectivity index (χ1n) is 11.0. The Bertz CT molecular complexity index is 1260. The number of hydrogen-bond acceptors (Lipinski definition) is 5. The van der Waals surface area contributed by atoms with E-state index in [9.17, 15) is 4.79 Å². The maximum atomic E-state index is 12.4. The Balaban J connectivity index is 1.36. The molecule has 0 fully saturated rings. The number of carbonyl (C=O) groups excluding carboxylic acids is 1. The minimum atomic E-state index is -0.245. The number of amides is 1. The number of benzene rings is 3. The van der Waals surface area contributed by atoms with Crippen LogP contribution in [0.3, 0.4) is 0 Å². The van der Waals surface area contributed by atoms with Crippen molar-refractivity contribution in [3.63, 3.8) is 0 Å². The summed E-state index contributed by atoms with van der Waals surface area (Å²) in [6.07, 6.45) is 4.22. The molecule has 1 N–H and O–H groups in total. The van der Waals surface area contributed by atoms with E-state index in [2.05, 4.69) is 41.5 Å². The van der Waals surface area contributed by atoms with Crippen LogP contribution in [0.4, 0.5) is 5.13 Å². The fourth-order valence-corrected chi connectivity index (χ4v) is 4.06. The van der Waals surface area contributed by atoms with Gasteiger partial charge in [0.05, 0.1) is 12.8 Å². The van der Waals surface area contributed by atoms with Gasteiger partial charge in [-0.3, -0.25) is 10.1 Å². The first-order valence-corrected chi connectivity index (χ1v) is 11.9. The van der Waals surface area contributed by atoms with Gasteiger partial charge in [-0.25, -0.2) is 4.98 Å². The zero-order chi connectivity index (χ0) is 23.8. The number of carbonyl (C=O) groups is 1. The van der Waals surface area contributed by atoms with E-state index >= 15 is 0 Å². The Labute approximate surface area is 203 Å². The minimum Gasteiger partial charge on any atom is -0.493 e. The Morgan fingerprint density at radius 3 is 2.53 bits per heavy atom. The number of methoxy groups -OCH3 is 1. The van der Waals surface area contributed by atoms with Gasteiger partial charge >= 0.3 is 0 Å². The van der Waals surface area contributed by atoms with Crippen molar-refractivity contribution in [3.05, 3.63) is 101 Å². The molecule has 0 radical (unpaired) electrons. The molecule has 3 aromatic carbocycles. The van der Waals surface area contributed by atoms with Crippen LogP contribution >= 0.6 is 11.3 Å². The molecule has 0 saturated carbocycles. The third-order valence-electron chi connectivity index (χ3n) is 5.24. The number of nitrogens with one attached hydrogen (secondary N) is 1. The zero-order valence-corrected chi connectivity index (χ0v) is 20.0. The maximum absolute atomic E-state index is 12.4.